The van der Waals surface area contributed by atoms with Gasteiger partial charge in [0.1, 0.15) is 0 Å². The highest BCUT2D eigenvalue weighted by Gasteiger charge is 2.38. The van der Waals surface area contributed by atoms with Crippen LogP contribution in [0.3, 0.4) is 0 Å². The molecule has 1 heteroatoms. The topological polar surface area (TPSA) is 3.24 Å². The van der Waals surface area contributed by atoms with E-state index in [2.05, 4.69) is 231 Å². The Labute approximate surface area is 329 Å². The van der Waals surface area contributed by atoms with Crippen molar-refractivity contribution >= 4 is 27.8 Å². The van der Waals surface area contributed by atoms with Crippen molar-refractivity contribution < 1.29 is 0 Å². The highest BCUT2D eigenvalue weighted by Crippen LogP contribution is 2.54. The van der Waals surface area contributed by atoms with Gasteiger partial charge in [-0.2, -0.15) is 0 Å². The summed E-state index contributed by atoms with van der Waals surface area (Å²) in [5.41, 5.74) is 18.4. The maximum absolute atomic E-state index is 2.45. The average molecular weight is 716 g/mol. The fourth-order valence-electron chi connectivity index (χ4n) is 9.05. The van der Waals surface area contributed by atoms with Crippen molar-refractivity contribution in [2.75, 3.05) is 4.90 Å². The van der Waals surface area contributed by atoms with Crippen LogP contribution in [0.25, 0.3) is 66.4 Å². The summed E-state index contributed by atoms with van der Waals surface area (Å²) in [5, 5.41) is 2.51. The van der Waals surface area contributed by atoms with Gasteiger partial charge in [0.15, 0.2) is 0 Å². The van der Waals surface area contributed by atoms with E-state index in [-0.39, 0.29) is 5.41 Å². The van der Waals surface area contributed by atoms with Gasteiger partial charge in [-0.1, -0.05) is 196 Å². The number of rotatable bonds is 7. The lowest BCUT2D eigenvalue weighted by Crippen LogP contribution is -2.17. The predicted octanol–water partition coefficient (Wildman–Crippen LogP) is 15.3. The molecule has 0 radical (unpaired) electrons. The van der Waals surface area contributed by atoms with Crippen LogP contribution in [0.4, 0.5) is 17.1 Å². The first kappa shape index (κ1) is 33.6. The third kappa shape index (κ3) is 5.63. The molecule has 0 saturated heterocycles. The largest absolute Gasteiger partial charge is 0.310 e. The summed E-state index contributed by atoms with van der Waals surface area (Å²) in [7, 11) is 0. The Balaban J connectivity index is 1.13. The predicted molar refractivity (Wildman–Crippen MR) is 238 cm³/mol. The Bertz CT molecular complexity index is 2850. The molecule has 0 spiro atoms. The summed E-state index contributed by atoms with van der Waals surface area (Å²) in [4.78, 5) is 2.45. The van der Waals surface area contributed by atoms with Gasteiger partial charge >= 0.3 is 0 Å². The molecule has 0 fully saturated rings. The molecule has 0 saturated carbocycles. The second kappa shape index (κ2) is 13.7. The van der Waals surface area contributed by atoms with Gasteiger partial charge in [-0.25, -0.2) is 0 Å². The van der Waals surface area contributed by atoms with E-state index < -0.39 is 0 Å². The summed E-state index contributed by atoms with van der Waals surface area (Å²) < 4.78 is 0. The Morgan fingerprint density at radius 3 is 1.45 bits per heavy atom. The van der Waals surface area contributed by atoms with Gasteiger partial charge < -0.3 is 4.90 Å². The van der Waals surface area contributed by atoms with Crippen molar-refractivity contribution in [2.45, 2.75) is 19.3 Å². The molecular weight excluding hydrogens is 675 g/mol. The molecule has 9 aromatic carbocycles. The zero-order valence-electron chi connectivity index (χ0n) is 31.7. The normalized spacial score (nSPS) is 12.6. The van der Waals surface area contributed by atoms with E-state index >= 15 is 0 Å². The zero-order chi connectivity index (χ0) is 37.6. The van der Waals surface area contributed by atoms with E-state index in [0.29, 0.717) is 0 Å². The SMILES string of the molecule is CC1(C)c2cc(N(c3ccc(-c4cccc5cccc(-c6ccccc6)c45)cc3)c3ccccc3-c3ccccc3)ccc2-c2cccc(-c3ccccc3)c21. The molecule has 9 aromatic rings. The molecule has 1 nitrogen and oxygen atoms in total. The number of para-hydroxylation sites is 1. The second-order valence-corrected chi connectivity index (χ2v) is 15.3. The van der Waals surface area contributed by atoms with Gasteiger partial charge in [0.2, 0.25) is 0 Å². The minimum atomic E-state index is -0.202. The number of hydrogen-bond acceptors (Lipinski definition) is 1. The van der Waals surface area contributed by atoms with Gasteiger partial charge in [0.25, 0.3) is 0 Å². The maximum Gasteiger partial charge on any atom is 0.0540 e. The highest BCUT2D eigenvalue weighted by atomic mass is 15.1. The number of anilines is 3. The number of nitrogens with zero attached hydrogens (tertiary/aromatic N) is 1. The molecule has 1 aliphatic rings. The summed E-state index contributed by atoms with van der Waals surface area (Å²) in [5.74, 6) is 0. The van der Waals surface area contributed by atoms with Gasteiger partial charge in [0.05, 0.1) is 5.69 Å². The van der Waals surface area contributed by atoms with Crippen LogP contribution in [0.2, 0.25) is 0 Å². The molecule has 0 aromatic heterocycles. The first-order valence-corrected chi connectivity index (χ1v) is 19.5. The standard InChI is InChI=1S/C55H41N/c1-55(2)51-37-44(35-36-49(51)50-29-16-28-48(54(50)55)40-21-10-5-11-22-40)56(52-30-13-12-25-45(52)38-17-6-3-7-18-38)43-33-31-41(32-34-43)47-27-15-24-42-23-14-26-46(53(42)47)39-19-8-4-9-20-39/h3-37H,1-2H3. The van der Waals surface area contributed by atoms with Crippen molar-refractivity contribution in [3.63, 3.8) is 0 Å². The fraction of sp³-hybridized carbons (Fsp3) is 0.0545. The Kier molecular flexibility index (Phi) is 8.23. The molecule has 0 unspecified atom stereocenters. The average Bonchev–Trinajstić information content (AvgIpc) is 3.50. The molecule has 0 bridgehead atoms. The lowest BCUT2D eigenvalue weighted by atomic mass is 9.78. The van der Waals surface area contributed by atoms with Crippen LogP contribution >= 0.6 is 0 Å². The van der Waals surface area contributed by atoms with Crippen molar-refractivity contribution in [1.82, 2.24) is 0 Å². The lowest BCUT2D eigenvalue weighted by Gasteiger charge is -2.30. The zero-order valence-corrected chi connectivity index (χ0v) is 31.7. The van der Waals surface area contributed by atoms with Crippen LogP contribution in [0.15, 0.2) is 212 Å². The van der Waals surface area contributed by atoms with Crippen LogP contribution in [-0.2, 0) is 5.41 Å². The van der Waals surface area contributed by atoms with E-state index in [9.17, 15) is 0 Å². The molecule has 0 aliphatic heterocycles. The van der Waals surface area contributed by atoms with E-state index in [1.54, 1.807) is 0 Å². The van der Waals surface area contributed by atoms with Crippen molar-refractivity contribution in [1.29, 1.82) is 0 Å². The minimum absolute atomic E-state index is 0.202. The fourth-order valence-corrected chi connectivity index (χ4v) is 9.05. The molecule has 10 rings (SSSR count). The molecule has 0 heterocycles. The van der Waals surface area contributed by atoms with Crippen molar-refractivity contribution in [2.24, 2.45) is 0 Å². The number of benzene rings is 9. The van der Waals surface area contributed by atoms with E-state index in [1.165, 1.54) is 77.5 Å². The molecule has 0 amide bonds. The van der Waals surface area contributed by atoms with Gasteiger partial charge in [-0.3, -0.25) is 0 Å². The Hall–Kier alpha value is -6.96. The second-order valence-electron chi connectivity index (χ2n) is 15.3. The molecular formula is C55H41N. The third-order valence-electron chi connectivity index (χ3n) is 11.7. The van der Waals surface area contributed by atoms with Gasteiger partial charge in [-0.15, -0.1) is 0 Å². The minimum Gasteiger partial charge on any atom is -0.310 e. The quantitative estimate of drug-likeness (QED) is 0.159. The lowest BCUT2D eigenvalue weighted by molar-refractivity contribution is 0.662. The molecule has 1 aliphatic carbocycles. The van der Waals surface area contributed by atoms with Crippen LogP contribution < -0.4 is 4.90 Å². The van der Waals surface area contributed by atoms with Crippen molar-refractivity contribution in [3.8, 4) is 55.6 Å². The summed E-state index contributed by atoms with van der Waals surface area (Å²) >= 11 is 0. The summed E-state index contributed by atoms with van der Waals surface area (Å²) in [6, 6.07) is 77.5. The summed E-state index contributed by atoms with van der Waals surface area (Å²) in [6.07, 6.45) is 0. The molecule has 0 N–H and O–H groups in total. The monoisotopic (exact) mass is 715 g/mol. The summed E-state index contributed by atoms with van der Waals surface area (Å²) in [6.45, 7) is 4.78. The molecule has 0 atom stereocenters. The maximum atomic E-state index is 2.45. The van der Waals surface area contributed by atoms with Crippen LogP contribution in [0.1, 0.15) is 25.0 Å². The highest BCUT2D eigenvalue weighted by molar-refractivity contribution is 6.06. The van der Waals surface area contributed by atoms with Crippen LogP contribution in [-0.4, -0.2) is 0 Å². The third-order valence-corrected chi connectivity index (χ3v) is 11.7. The van der Waals surface area contributed by atoms with Crippen LogP contribution in [0.5, 0.6) is 0 Å². The first-order chi connectivity index (χ1) is 27.6. The van der Waals surface area contributed by atoms with E-state index in [4.69, 9.17) is 0 Å². The first-order valence-electron chi connectivity index (χ1n) is 19.5. The molecule has 56 heavy (non-hydrogen) atoms. The number of hydrogen-bond donors (Lipinski definition) is 0. The van der Waals surface area contributed by atoms with Crippen LogP contribution in [0, 0.1) is 0 Å². The van der Waals surface area contributed by atoms with Gasteiger partial charge in [0, 0.05) is 22.4 Å². The van der Waals surface area contributed by atoms with Gasteiger partial charge in [-0.05, 0) is 102 Å². The van der Waals surface area contributed by atoms with E-state index in [0.717, 1.165) is 17.1 Å². The Morgan fingerprint density at radius 1 is 0.339 bits per heavy atom. The smallest absolute Gasteiger partial charge is 0.0540 e. The number of fused-ring (bicyclic) bond motifs is 4. The van der Waals surface area contributed by atoms with E-state index in [1.807, 2.05) is 0 Å². The Morgan fingerprint density at radius 2 is 0.804 bits per heavy atom. The van der Waals surface area contributed by atoms with Crippen molar-refractivity contribution in [3.05, 3.63) is 223 Å². The molecule has 266 valence electrons.